The highest BCUT2D eigenvalue weighted by atomic mass is 16.5. The molecule has 3 heteroatoms. The van der Waals surface area contributed by atoms with Gasteiger partial charge in [0.1, 0.15) is 11.5 Å². The molecule has 1 rings (SSSR count). The fourth-order valence-electron chi connectivity index (χ4n) is 2.70. The lowest BCUT2D eigenvalue weighted by Gasteiger charge is -2.25. The summed E-state index contributed by atoms with van der Waals surface area (Å²) in [5.41, 5.74) is 1.23. The van der Waals surface area contributed by atoms with Gasteiger partial charge in [0, 0.05) is 17.7 Å². The first-order valence-corrected chi connectivity index (χ1v) is 8.15. The third-order valence-corrected chi connectivity index (χ3v) is 4.18. The van der Waals surface area contributed by atoms with Crippen molar-refractivity contribution in [2.45, 2.75) is 52.5 Å². The molecule has 1 unspecified atom stereocenters. The lowest BCUT2D eigenvalue weighted by molar-refractivity contribution is 0.350. The number of hydrogen-bond donors (Lipinski definition) is 1. The SMILES string of the molecule is CCCNC(CC(CC)CC)c1ccc(OC)cc1OC. The Morgan fingerprint density at radius 2 is 1.76 bits per heavy atom. The zero-order chi connectivity index (χ0) is 15.7. The summed E-state index contributed by atoms with van der Waals surface area (Å²) in [4.78, 5) is 0. The normalized spacial score (nSPS) is 12.5. The highest BCUT2D eigenvalue weighted by Crippen LogP contribution is 2.33. The summed E-state index contributed by atoms with van der Waals surface area (Å²) in [6.45, 7) is 7.78. The first-order valence-electron chi connectivity index (χ1n) is 8.15. The number of methoxy groups -OCH3 is 2. The van der Waals surface area contributed by atoms with E-state index in [0.29, 0.717) is 6.04 Å². The smallest absolute Gasteiger partial charge is 0.127 e. The van der Waals surface area contributed by atoms with Crippen LogP contribution < -0.4 is 14.8 Å². The molecule has 0 aliphatic carbocycles. The van der Waals surface area contributed by atoms with Gasteiger partial charge < -0.3 is 14.8 Å². The van der Waals surface area contributed by atoms with Crippen molar-refractivity contribution in [1.29, 1.82) is 0 Å². The van der Waals surface area contributed by atoms with Crippen molar-refractivity contribution in [1.82, 2.24) is 5.32 Å². The first kappa shape index (κ1) is 17.8. The summed E-state index contributed by atoms with van der Waals surface area (Å²) in [7, 11) is 3.41. The second-order valence-corrected chi connectivity index (χ2v) is 5.53. The fraction of sp³-hybridized carbons (Fsp3) is 0.667. The van der Waals surface area contributed by atoms with E-state index in [1.165, 1.54) is 18.4 Å². The Bertz CT molecular complexity index is 402. The third kappa shape index (κ3) is 5.24. The number of hydrogen-bond acceptors (Lipinski definition) is 3. The van der Waals surface area contributed by atoms with Gasteiger partial charge >= 0.3 is 0 Å². The van der Waals surface area contributed by atoms with Crippen molar-refractivity contribution in [2.24, 2.45) is 5.92 Å². The van der Waals surface area contributed by atoms with Crippen molar-refractivity contribution >= 4 is 0 Å². The van der Waals surface area contributed by atoms with Crippen LogP contribution in [0, 0.1) is 5.92 Å². The summed E-state index contributed by atoms with van der Waals surface area (Å²) in [5.74, 6) is 2.49. The third-order valence-electron chi connectivity index (χ3n) is 4.18. The predicted octanol–water partition coefficient (Wildman–Crippen LogP) is 4.57. The van der Waals surface area contributed by atoms with E-state index in [0.717, 1.165) is 36.8 Å². The van der Waals surface area contributed by atoms with E-state index in [1.54, 1.807) is 14.2 Å². The maximum atomic E-state index is 5.58. The molecule has 0 aliphatic rings. The van der Waals surface area contributed by atoms with Gasteiger partial charge in [0.2, 0.25) is 0 Å². The topological polar surface area (TPSA) is 30.5 Å². The zero-order valence-corrected chi connectivity index (χ0v) is 14.2. The van der Waals surface area contributed by atoms with Crippen LogP contribution in [0.3, 0.4) is 0 Å². The van der Waals surface area contributed by atoms with Gasteiger partial charge in [0.15, 0.2) is 0 Å². The minimum Gasteiger partial charge on any atom is -0.497 e. The number of benzene rings is 1. The Balaban J connectivity index is 3.00. The summed E-state index contributed by atoms with van der Waals surface area (Å²) < 4.78 is 10.9. The molecule has 0 aromatic heterocycles. The second-order valence-electron chi connectivity index (χ2n) is 5.53. The molecule has 21 heavy (non-hydrogen) atoms. The average molecular weight is 293 g/mol. The van der Waals surface area contributed by atoms with E-state index in [9.17, 15) is 0 Å². The van der Waals surface area contributed by atoms with Gasteiger partial charge in [-0.1, -0.05) is 39.7 Å². The van der Waals surface area contributed by atoms with E-state index < -0.39 is 0 Å². The van der Waals surface area contributed by atoms with Gasteiger partial charge in [-0.2, -0.15) is 0 Å². The van der Waals surface area contributed by atoms with Gasteiger partial charge in [0.25, 0.3) is 0 Å². The monoisotopic (exact) mass is 293 g/mol. The van der Waals surface area contributed by atoms with E-state index >= 15 is 0 Å². The van der Waals surface area contributed by atoms with Crippen LogP contribution in [-0.2, 0) is 0 Å². The second kappa shape index (κ2) is 9.67. The van der Waals surface area contributed by atoms with Gasteiger partial charge in [-0.3, -0.25) is 0 Å². The maximum absolute atomic E-state index is 5.58. The van der Waals surface area contributed by atoms with E-state index in [4.69, 9.17) is 9.47 Å². The van der Waals surface area contributed by atoms with Crippen molar-refractivity contribution in [3.05, 3.63) is 23.8 Å². The molecule has 0 saturated heterocycles. The largest absolute Gasteiger partial charge is 0.497 e. The molecular weight excluding hydrogens is 262 g/mol. The predicted molar refractivity (Wildman–Crippen MR) is 89.3 cm³/mol. The fourth-order valence-corrected chi connectivity index (χ4v) is 2.70. The highest BCUT2D eigenvalue weighted by Gasteiger charge is 2.19. The molecule has 0 spiro atoms. The molecule has 1 aromatic carbocycles. The van der Waals surface area contributed by atoms with Crippen LogP contribution in [0.25, 0.3) is 0 Å². The minimum atomic E-state index is 0.343. The molecule has 1 atom stereocenters. The van der Waals surface area contributed by atoms with Crippen molar-refractivity contribution < 1.29 is 9.47 Å². The molecule has 1 N–H and O–H groups in total. The molecule has 3 nitrogen and oxygen atoms in total. The van der Waals surface area contributed by atoms with Gasteiger partial charge in [0.05, 0.1) is 14.2 Å². The summed E-state index contributed by atoms with van der Waals surface area (Å²) >= 11 is 0. The van der Waals surface area contributed by atoms with Crippen LogP contribution in [0.4, 0.5) is 0 Å². The first-order chi connectivity index (χ1) is 10.2. The molecule has 0 bridgehead atoms. The van der Waals surface area contributed by atoms with Crippen LogP contribution in [-0.4, -0.2) is 20.8 Å². The molecule has 0 saturated carbocycles. The van der Waals surface area contributed by atoms with Crippen LogP contribution in [0.2, 0.25) is 0 Å². The Morgan fingerprint density at radius 1 is 1.05 bits per heavy atom. The summed E-state index contributed by atoms with van der Waals surface area (Å²) in [6.07, 6.45) is 4.73. The molecule has 0 radical (unpaired) electrons. The Labute approximate surface area is 130 Å². The molecule has 120 valence electrons. The molecule has 0 aliphatic heterocycles. The summed E-state index contributed by atoms with van der Waals surface area (Å²) in [6, 6.07) is 6.47. The van der Waals surface area contributed by atoms with Crippen LogP contribution in [0.5, 0.6) is 11.5 Å². The average Bonchev–Trinajstić information content (AvgIpc) is 2.54. The van der Waals surface area contributed by atoms with E-state index in [-0.39, 0.29) is 0 Å². The number of ether oxygens (including phenoxy) is 2. The quantitative estimate of drug-likeness (QED) is 0.685. The lowest BCUT2D eigenvalue weighted by Crippen LogP contribution is -2.25. The Morgan fingerprint density at radius 3 is 2.29 bits per heavy atom. The van der Waals surface area contributed by atoms with Crippen molar-refractivity contribution in [2.75, 3.05) is 20.8 Å². The molecular formula is C18H31NO2. The maximum Gasteiger partial charge on any atom is 0.127 e. The van der Waals surface area contributed by atoms with E-state index in [1.807, 2.05) is 12.1 Å². The van der Waals surface area contributed by atoms with Crippen LogP contribution in [0.15, 0.2) is 18.2 Å². The molecule has 1 aromatic rings. The minimum absolute atomic E-state index is 0.343. The zero-order valence-electron chi connectivity index (χ0n) is 14.2. The van der Waals surface area contributed by atoms with Gasteiger partial charge in [-0.15, -0.1) is 0 Å². The Hall–Kier alpha value is -1.22. The van der Waals surface area contributed by atoms with Gasteiger partial charge in [-0.25, -0.2) is 0 Å². The standard InChI is InChI=1S/C18H31NO2/c1-6-11-19-17(12-14(7-2)8-3)16-10-9-15(20-4)13-18(16)21-5/h9-10,13-14,17,19H,6-8,11-12H2,1-5H3. The van der Waals surface area contributed by atoms with Gasteiger partial charge in [-0.05, 0) is 31.4 Å². The number of rotatable bonds is 10. The van der Waals surface area contributed by atoms with E-state index in [2.05, 4.69) is 32.2 Å². The molecule has 0 amide bonds. The van der Waals surface area contributed by atoms with Crippen molar-refractivity contribution in [3.63, 3.8) is 0 Å². The molecule has 0 fully saturated rings. The summed E-state index contributed by atoms with van der Waals surface area (Å²) in [5, 5.41) is 3.68. The lowest BCUT2D eigenvalue weighted by atomic mass is 9.90. The van der Waals surface area contributed by atoms with Crippen LogP contribution in [0.1, 0.15) is 58.1 Å². The Kier molecular flexibility index (Phi) is 8.21. The molecule has 0 heterocycles. The van der Waals surface area contributed by atoms with Crippen LogP contribution >= 0.6 is 0 Å². The highest BCUT2D eigenvalue weighted by molar-refractivity contribution is 5.42. The van der Waals surface area contributed by atoms with Crippen molar-refractivity contribution in [3.8, 4) is 11.5 Å². The number of nitrogens with one attached hydrogen (secondary N) is 1.